The van der Waals surface area contributed by atoms with E-state index < -0.39 is 0 Å². The molecule has 0 heterocycles. The average Bonchev–Trinajstić information content (AvgIpc) is 2.38. The van der Waals surface area contributed by atoms with Crippen LogP contribution in [0.2, 0.25) is 5.02 Å². The molecule has 1 aromatic carbocycles. The first kappa shape index (κ1) is 16.0. The molecule has 0 aliphatic heterocycles. The molecule has 0 unspecified atom stereocenters. The number of aliphatic hydroxyl groups excluding tert-OH is 1. The van der Waals surface area contributed by atoms with Crippen molar-refractivity contribution < 1.29 is 14.6 Å². The molecule has 1 rings (SSSR count). The number of hydrogen-bond acceptors (Lipinski definition) is 3. The summed E-state index contributed by atoms with van der Waals surface area (Å²) in [6.45, 7) is 2.36. The molecule has 0 bridgehead atoms. The van der Waals surface area contributed by atoms with Gasteiger partial charge in [-0.15, -0.1) is 0 Å². The number of carbonyl (C=O) groups is 1. The number of benzene rings is 1. The van der Waals surface area contributed by atoms with Crippen molar-refractivity contribution in [2.45, 2.75) is 32.6 Å². The van der Waals surface area contributed by atoms with E-state index in [2.05, 4.69) is 0 Å². The second kappa shape index (κ2) is 8.94. The second-order valence-electron chi connectivity index (χ2n) is 4.50. The highest BCUT2D eigenvalue weighted by Crippen LogP contribution is 2.19. The summed E-state index contributed by atoms with van der Waals surface area (Å²) in [5.41, 5.74) is 1.04. The van der Waals surface area contributed by atoms with Crippen LogP contribution in [0.1, 0.15) is 31.7 Å². The molecular formula is C15H21ClO3. The number of rotatable bonds is 8. The number of halogens is 1. The molecule has 4 heteroatoms. The van der Waals surface area contributed by atoms with Crippen molar-refractivity contribution >= 4 is 17.6 Å². The Kier molecular flexibility index (Phi) is 7.53. The smallest absolute Gasteiger partial charge is 0.309 e. The standard InChI is InChI=1S/C15H21ClO3/c1-2-19-15(18)13(7-3-4-9-17)10-12-6-5-8-14(16)11-12/h5-6,8,11,13,17H,2-4,7,9-10H2,1H3/t13-/m0/s1. The van der Waals surface area contributed by atoms with Crippen molar-refractivity contribution in [2.24, 2.45) is 5.92 Å². The molecule has 0 aromatic heterocycles. The van der Waals surface area contributed by atoms with Crippen LogP contribution in [0.5, 0.6) is 0 Å². The Bertz CT molecular complexity index is 393. The number of hydrogen-bond donors (Lipinski definition) is 1. The third kappa shape index (κ3) is 6.08. The SMILES string of the molecule is CCOC(=O)[C@@H](CCCCO)Cc1cccc(Cl)c1. The average molecular weight is 285 g/mol. The van der Waals surface area contributed by atoms with Gasteiger partial charge < -0.3 is 9.84 Å². The van der Waals surface area contributed by atoms with Crippen molar-refractivity contribution in [3.8, 4) is 0 Å². The fraction of sp³-hybridized carbons (Fsp3) is 0.533. The minimum Gasteiger partial charge on any atom is -0.466 e. The number of ether oxygens (including phenoxy) is 1. The summed E-state index contributed by atoms with van der Waals surface area (Å²) in [5, 5.41) is 9.49. The lowest BCUT2D eigenvalue weighted by Crippen LogP contribution is -2.20. The largest absolute Gasteiger partial charge is 0.466 e. The number of unbranched alkanes of at least 4 members (excludes halogenated alkanes) is 1. The quantitative estimate of drug-likeness (QED) is 0.589. The highest BCUT2D eigenvalue weighted by atomic mass is 35.5. The first-order chi connectivity index (χ1) is 9.17. The van der Waals surface area contributed by atoms with Gasteiger partial charge in [0.15, 0.2) is 0 Å². The summed E-state index contributed by atoms with van der Waals surface area (Å²) in [6, 6.07) is 7.54. The Morgan fingerprint density at radius 2 is 2.21 bits per heavy atom. The molecule has 0 saturated carbocycles. The van der Waals surface area contributed by atoms with Gasteiger partial charge in [0, 0.05) is 11.6 Å². The van der Waals surface area contributed by atoms with Crippen LogP contribution in [0.3, 0.4) is 0 Å². The minimum absolute atomic E-state index is 0.159. The van der Waals surface area contributed by atoms with Crippen molar-refractivity contribution in [1.29, 1.82) is 0 Å². The number of carbonyl (C=O) groups excluding carboxylic acids is 1. The van der Waals surface area contributed by atoms with Crippen molar-refractivity contribution in [3.63, 3.8) is 0 Å². The fourth-order valence-corrected chi connectivity index (χ4v) is 2.23. The van der Waals surface area contributed by atoms with Crippen molar-refractivity contribution in [3.05, 3.63) is 34.9 Å². The zero-order valence-electron chi connectivity index (χ0n) is 11.3. The third-order valence-electron chi connectivity index (χ3n) is 2.95. The van der Waals surface area contributed by atoms with Gasteiger partial charge in [0.2, 0.25) is 0 Å². The second-order valence-corrected chi connectivity index (χ2v) is 4.94. The van der Waals surface area contributed by atoms with Gasteiger partial charge in [0.25, 0.3) is 0 Å². The predicted molar refractivity (Wildman–Crippen MR) is 76.2 cm³/mol. The highest BCUT2D eigenvalue weighted by Gasteiger charge is 2.19. The van der Waals surface area contributed by atoms with E-state index in [4.69, 9.17) is 21.4 Å². The van der Waals surface area contributed by atoms with Gasteiger partial charge in [-0.3, -0.25) is 4.79 Å². The van der Waals surface area contributed by atoms with Gasteiger partial charge in [0.1, 0.15) is 0 Å². The molecule has 1 aromatic rings. The summed E-state index contributed by atoms with van der Waals surface area (Å²) in [6.07, 6.45) is 2.89. The van der Waals surface area contributed by atoms with Crippen LogP contribution < -0.4 is 0 Å². The Labute approximate surface area is 119 Å². The molecule has 0 spiro atoms. The van der Waals surface area contributed by atoms with Crippen molar-refractivity contribution in [2.75, 3.05) is 13.2 Å². The zero-order chi connectivity index (χ0) is 14.1. The highest BCUT2D eigenvalue weighted by molar-refractivity contribution is 6.30. The van der Waals surface area contributed by atoms with E-state index in [1.165, 1.54) is 0 Å². The first-order valence-electron chi connectivity index (χ1n) is 6.69. The van der Waals surface area contributed by atoms with Gasteiger partial charge in [0.05, 0.1) is 12.5 Å². The van der Waals surface area contributed by atoms with E-state index in [-0.39, 0.29) is 18.5 Å². The van der Waals surface area contributed by atoms with Crippen LogP contribution in [0.25, 0.3) is 0 Å². The lowest BCUT2D eigenvalue weighted by Gasteiger charge is -2.15. The van der Waals surface area contributed by atoms with Crippen LogP contribution >= 0.6 is 11.6 Å². The molecule has 0 aliphatic rings. The van der Waals surface area contributed by atoms with Crippen LogP contribution in [0.15, 0.2) is 24.3 Å². The van der Waals surface area contributed by atoms with Gasteiger partial charge in [-0.2, -0.15) is 0 Å². The van der Waals surface area contributed by atoms with E-state index in [1.807, 2.05) is 31.2 Å². The van der Waals surface area contributed by atoms with Crippen LogP contribution in [-0.2, 0) is 16.0 Å². The molecule has 0 aliphatic carbocycles. The Balaban J connectivity index is 2.64. The summed E-state index contributed by atoms with van der Waals surface area (Å²) in [7, 11) is 0. The number of esters is 1. The van der Waals surface area contributed by atoms with Crippen LogP contribution in [0.4, 0.5) is 0 Å². The molecule has 0 fully saturated rings. The predicted octanol–water partition coefficient (Wildman–Crippen LogP) is 3.22. The molecule has 1 atom stereocenters. The molecule has 19 heavy (non-hydrogen) atoms. The van der Waals surface area contributed by atoms with E-state index >= 15 is 0 Å². The lowest BCUT2D eigenvalue weighted by molar-refractivity contribution is -0.148. The Hall–Kier alpha value is -1.06. The van der Waals surface area contributed by atoms with Gasteiger partial charge in [-0.1, -0.05) is 30.2 Å². The molecule has 0 radical (unpaired) electrons. The maximum Gasteiger partial charge on any atom is 0.309 e. The topological polar surface area (TPSA) is 46.5 Å². The summed E-state index contributed by atoms with van der Waals surface area (Å²) < 4.78 is 5.10. The van der Waals surface area contributed by atoms with Crippen LogP contribution in [0, 0.1) is 5.92 Å². The monoisotopic (exact) mass is 284 g/mol. The van der Waals surface area contributed by atoms with E-state index in [1.54, 1.807) is 0 Å². The Morgan fingerprint density at radius 3 is 2.84 bits per heavy atom. The first-order valence-corrected chi connectivity index (χ1v) is 7.07. The summed E-state index contributed by atoms with van der Waals surface area (Å²) in [5.74, 6) is -0.328. The molecule has 0 saturated heterocycles. The fourth-order valence-electron chi connectivity index (χ4n) is 2.01. The maximum absolute atomic E-state index is 11.9. The molecule has 0 amide bonds. The molecule has 106 valence electrons. The maximum atomic E-state index is 11.9. The molecule has 3 nitrogen and oxygen atoms in total. The van der Waals surface area contributed by atoms with E-state index in [0.29, 0.717) is 24.5 Å². The van der Waals surface area contributed by atoms with E-state index in [0.717, 1.165) is 18.4 Å². The Morgan fingerprint density at radius 1 is 1.42 bits per heavy atom. The normalized spacial score (nSPS) is 12.2. The van der Waals surface area contributed by atoms with Crippen LogP contribution in [-0.4, -0.2) is 24.3 Å². The third-order valence-corrected chi connectivity index (χ3v) is 3.19. The summed E-state index contributed by atoms with van der Waals surface area (Å²) in [4.78, 5) is 11.9. The summed E-state index contributed by atoms with van der Waals surface area (Å²) >= 11 is 5.95. The lowest BCUT2D eigenvalue weighted by atomic mass is 9.94. The number of aliphatic hydroxyl groups is 1. The molecule has 1 N–H and O–H groups in total. The van der Waals surface area contributed by atoms with Gasteiger partial charge in [-0.25, -0.2) is 0 Å². The van der Waals surface area contributed by atoms with E-state index in [9.17, 15) is 4.79 Å². The minimum atomic E-state index is -0.166. The van der Waals surface area contributed by atoms with Gasteiger partial charge >= 0.3 is 5.97 Å². The zero-order valence-corrected chi connectivity index (χ0v) is 12.0. The van der Waals surface area contributed by atoms with Gasteiger partial charge in [-0.05, 0) is 43.9 Å². The van der Waals surface area contributed by atoms with Crippen molar-refractivity contribution in [1.82, 2.24) is 0 Å². The molecular weight excluding hydrogens is 264 g/mol.